The Bertz CT molecular complexity index is 962. The third kappa shape index (κ3) is 4.80. The van der Waals surface area contributed by atoms with Crippen molar-refractivity contribution in [3.05, 3.63) is 64.7 Å². The average molecular weight is 436 g/mol. The molecule has 2 amide bonds. The molecule has 6 nitrogen and oxygen atoms in total. The minimum atomic E-state index is -0.595. The maximum absolute atomic E-state index is 13.4. The number of hydrogen-bond acceptors (Lipinski definition) is 4. The van der Waals surface area contributed by atoms with Gasteiger partial charge in [-0.1, -0.05) is 30.3 Å². The first-order chi connectivity index (χ1) is 15.5. The van der Waals surface area contributed by atoms with Gasteiger partial charge in [0.1, 0.15) is 5.75 Å². The SMILES string of the molecule is CCOc1cc(C)c(C(=O)N2CC3CN(CCCc4ccccc4)C[C@H]3C2)c(C(N)=O)c1. The van der Waals surface area contributed by atoms with Crippen LogP contribution in [0, 0.1) is 18.8 Å². The summed E-state index contributed by atoms with van der Waals surface area (Å²) in [6.45, 7) is 8.86. The van der Waals surface area contributed by atoms with Crippen molar-refractivity contribution in [2.75, 3.05) is 39.3 Å². The number of hydrogen-bond donors (Lipinski definition) is 1. The number of likely N-dealkylation sites (tertiary alicyclic amines) is 2. The number of amides is 2. The number of carbonyl (C=O) groups is 2. The third-order valence-electron chi connectivity index (χ3n) is 6.73. The van der Waals surface area contributed by atoms with Crippen LogP contribution in [0.4, 0.5) is 0 Å². The zero-order valence-corrected chi connectivity index (χ0v) is 19.0. The van der Waals surface area contributed by atoms with Crippen molar-refractivity contribution in [1.29, 1.82) is 0 Å². The van der Waals surface area contributed by atoms with E-state index in [-0.39, 0.29) is 11.5 Å². The topological polar surface area (TPSA) is 75.9 Å². The summed E-state index contributed by atoms with van der Waals surface area (Å²) in [6.07, 6.45) is 2.25. The maximum Gasteiger partial charge on any atom is 0.254 e. The van der Waals surface area contributed by atoms with E-state index in [1.165, 1.54) is 5.56 Å². The van der Waals surface area contributed by atoms with Gasteiger partial charge in [0.15, 0.2) is 0 Å². The van der Waals surface area contributed by atoms with Crippen LogP contribution >= 0.6 is 0 Å². The summed E-state index contributed by atoms with van der Waals surface area (Å²) in [7, 11) is 0. The third-order valence-corrected chi connectivity index (χ3v) is 6.73. The van der Waals surface area contributed by atoms with Crippen molar-refractivity contribution in [3.8, 4) is 5.75 Å². The molecule has 0 bridgehead atoms. The zero-order chi connectivity index (χ0) is 22.7. The number of aryl methyl sites for hydroxylation is 2. The minimum Gasteiger partial charge on any atom is -0.494 e. The average Bonchev–Trinajstić information content (AvgIpc) is 3.33. The van der Waals surface area contributed by atoms with Crippen molar-refractivity contribution in [1.82, 2.24) is 9.80 Å². The van der Waals surface area contributed by atoms with Crippen LogP contribution in [0.15, 0.2) is 42.5 Å². The molecular weight excluding hydrogens is 402 g/mol. The molecule has 170 valence electrons. The smallest absolute Gasteiger partial charge is 0.254 e. The molecule has 2 fully saturated rings. The Balaban J connectivity index is 1.36. The normalized spacial score (nSPS) is 20.4. The maximum atomic E-state index is 13.4. The minimum absolute atomic E-state index is 0.0932. The fourth-order valence-electron chi connectivity index (χ4n) is 5.23. The fraction of sp³-hybridized carbons (Fsp3) is 0.462. The molecule has 0 spiro atoms. The number of nitrogens with zero attached hydrogens (tertiary/aromatic N) is 2. The summed E-state index contributed by atoms with van der Waals surface area (Å²) >= 11 is 0. The van der Waals surface area contributed by atoms with E-state index in [2.05, 4.69) is 35.2 Å². The van der Waals surface area contributed by atoms with Crippen molar-refractivity contribution < 1.29 is 14.3 Å². The Morgan fingerprint density at radius 1 is 1.06 bits per heavy atom. The highest BCUT2D eigenvalue weighted by molar-refractivity contribution is 6.08. The van der Waals surface area contributed by atoms with Crippen LogP contribution < -0.4 is 10.5 Å². The molecule has 2 aliphatic heterocycles. The summed E-state index contributed by atoms with van der Waals surface area (Å²) in [5, 5.41) is 0. The molecule has 0 aromatic heterocycles. The summed E-state index contributed by atoms with van der Waals surface area (Å²) in [5.74, 6) is 0.873. The molecular formula is C26H33N3O3. The Kier molecular flexibility index (Phi) is 6.80. The van der Waals surface area contributed by atoms with E-state index in [1.54, 1.807) is 6.07 Å². The van der Waals surface area contributed by atoms with E-state index >= 15 is 0 Å². The van der Waals surface area contributed by atoms with E-state index < -0.39 is 5.91 Å². The van der Waals surface area contributed by atoms with E-state index in [1.807, 2.05) is 24.8 Å². The van der Waals surface area contributed by atoms with Gasteiger partial charge in [-0.2, -0.15) is 0 Å². The van der Waals surface area contributed by atoms with Gasteiger partial charge < -0.3 is 20.3 Å². The molecule has 2 saturated heterocycles. The lowest BCUT2D eigenvalue weighted by Gasteiger charge is -2.23. The second-order valence-corrected chi connectivity index (χ2v) is 9.04. The molecule has 2 aromatic rings. The molecule has 32 heavy (non-hydrogen) atoms. The lowest BCUT2D eigenvalue weighted by atomic mass is 9.99. The van der Waals surface area contributed by atoms with E-state index in [0.29, 0.717) is 29.8 Å². The van der Waals surface area contributed by atoms with Crippen molar-refractivity contribution in [2.24, 2.45) is 17.6 Å². The summed E-state index contributed by atoms with van der Waals surface area (Å²) in [4.78, 5) is 29.9. The molecule has 6 heteroatoms. The van der Waals surface area contributed by atoms with Gasteiger partial charge in [-0.3, -0.25) is 9.59 Å². The molecule has 0 saturated carbocycles. The number of ether oxygens (including phenoxy) is 1. The van der Waals surface area contributed by atoms with E-state index in [9.17, 15) is 9.59 Å². The molecule has 2 heterocycles. The van der Waals surface area contributed by atoms with Crippen LogP contribution in [0.2, 0.25) is 0 Å². The molecule has 0 radical (unpaired) electrons. The highest BCUT2D eigenvalue weighted by atomic mass is 16.5. The first-order valence-corrected chi connectivity index (χ1v) is 11.6. The van der Waals surface area contributed by atoms with Crippen LogP contribution in [-0.4, -0.2) is 60.9 Å². The summed E-state index contributed by atoms with van der Waals surface area (Å²) < 4.78 is 5.53. The van der Waals surface area contributed by atoms with Crippen LogP contribution in [0.5, 0.6) is 5.75 Å². The van der Waals surface area contributed by atoms with Crippen molar-refractivity contribution in [2.45, 2.75) is 26.7 Å². The first kappa shape index (κ1) is 22.3. The monoisotopic (exact) mass is 435 g/mol. The second kappa shape index (κ2) is 9.74. The van der Waals surface area contributed by atoms with Gasteiger partial charge in [-0.15, -0.1) is 0 Å². The highest BCUT2D eigenvalue weighted by Gasteiger charge is 2.42. The molecule has 1 unspecified atom stereocenters. The van der Waals surface area contributed by atoms with Gasteiger partial charge >= 0.3 is 0 Å². The van der Waals surface area contributed by atoms with Gasteiger partial charge in [0.2, 0.25) is 5.91 Å². The predicted octanol–water partition coefficient (Wildman–Crippen LogP) is 3.13. The van der Waals surface area contributed by atoms with Crippen LogP contribution in [0.25, 0.3) is 0 Å². The predicted molar refractivity (Wildman–Crippen MR) is 125 cm³/mol. The Hall–Kier alpha value is -2.86. The molecule has 2 N–H and O–H groups in total. The Morgan fingerprint density at radius 3 is 2.38 bits per heavy atom. The Morgan fingerprint density at radius 2 is 1.75 bits per heavy atom. The largest absolute Gasteiger partial charge is 0.494 e. The molecule has 2 atom stereocenters. The Labute approximate surface area is 190 Å². The van der Waals surface area contributed by atoms with Gasteiger partial charge in [0.25, 0.3) is 5.91 Å². The lowest BCUT2D eigenvalue weighted by Crippen LogP contribution is -2.35. The summed E-state index contributed by atoms with van der Waals surface area (Å²) in [6, 6.07) is 14.0. The van der Waals surface area contributed by atoms with E-state index in [4.69, 9.17) is 10.5 Å². The molecule has 0 aliphatic carbocycles. The molecule has 2 aliphatic rings. The van der Waals surface area contributed by atoms with Crippen LogP contribution in [-0.2, 0) is 6.42 Å². The fourth-order valence-corrected chi connectivity index (χ4v) is 5.23. The second-order valence-electron chi connectivity index (χ2n) is 9.04. The van der Waals surface area contributed by atoms with Crippen molar-refractivity contribution in [3.63, 3.8) is 0 Å². The van der Waals surface area contributed by atoms with Gasteiger partial charge in [-0.05, 0) is 68.3 Å². The first-order valence-electron chi connectivity index (χ1n) is 11.6. The van der Waals surface area contributed by atoms with Gasteiger partial charge in [0, 0.05) is 26.2 Å². The summed E-state index contributed by atoms with van der Waals surface area (Å²) in [5.41, 5.74) is 8.40. The number of carbonyl (C=O) groups excluding carboxylic acids is 2. The zero-order valence-electron chi connectivity index (χ0n) is 19.0. The van der Waals surface area contributed by atoms with E-state index in [0.717, 1.165) is 51.1 Å². The standard InChI is InChI=1S/C26H33N3O3/c1-3-32-22-12-18(2)24(23(13-22)25(27)30)26(31)29-16-20-14-28(15-21(20)17-29)11-7-10-19-8-5-4-6-9-19/h4-6,8-9,12-13,20-21H,3,7,10-11,14-17H2,1-2H3,(H2,27,30)/t20-,21?/m0/s1. The number of nitrogens with two attached hydrogens (primary N) is 1. The van der Waals surface area contributed by atoms with Crippen LogP contribution in [0.1, 0.15) is 45.2 Å². The van der Waals surface area contributed by atoms with Crippen LogP contribution in [0.3, 0.4) is 0 Å². The quantitative estimate of drug-likeness (QED) is 0.691. The number of rotatable bonds is 8. The number of fused-ring (bicyclic) bond motifs is 1. The molecule has 2 aromatic carbocycles. The number of primary amides is 1. The number of benzene rings is 2. The highest BCUT2D eigenvalue weighted by Crippen LogP contribution is 2.33. The van der Waals surface area contributed by atoms with Crippen molar-refractivity contribution >= 4 is 11.8 Å². The lowest BCUT2D eigenvalue weighted by molar-refractivity contribution is 0.0767. The molecule has 4 rings (SSSR count). The van der Waals surface area contributed by atoms with Gasteiger partial charge in [-0.25, -0.2) is 0 Å². The van der Waals surface area contributed by atoms with Gasteiger partial charge in [0.05, 0.1) is 17.7 Å².